The summed E-state index contributed by atoms with van der Waals surface area (Å²) in [5.41, 5.74) is 2.85. The molecule has 5 nitrogen and oxygen atoms in total. The normalized spacial score (nSPS) is 11.2. The molecule has 23 heavy (non-hydrogen) atoms. The Morgan fingerprint density at radius 1 is 1.17 bits per heavy atom. The van der Waals surface area contributed by atoms with Gasteiger partial charge >= 0.3 is 0 Å². The third-order valence-electron chi connectivity index (χ3n) is 3.29. The first-order valence-electron chi connectivity index (χ1n) is 6.92. The number of hydrogen-bond donors (Lipinski definition) is 0. The van der Waals surface area contributed by atoms with Crippen LogP contribution in [-0.4, -0.2) is 19.6 Å². The Bertz CT molecular complexity index is 965. The predicted molar refractivity (Wildman–Crippen MR) is 89.5 cm³/mol. The average molecular weight is 343 g/mol. The molecule has 0 unspecified atom stereocenters. The van der Waals surface area contributed by atoms with Gasteiger partial charge in [-0.2, -0.15) is 0 Å². The van der Waals surface area contributed by atoms with Crippen LogP contribution < -0.4 is 0 Å². The predicted octanol–water partition coefficient (Wildman–Crippen LogP) is 4.33. The molecule has 0 saturated heterocycles. The zero-order valence-corrected chi connectivity index (χ0v) is 13.5. The number of rotatable bonds is 4. The van der Waals surface area contributed by atoms with Gasteiger partial charge in [-0.3, -0.25) is 0 Å². The maximum Gasteiger partial charge on any atom is 0.277 e. The number of nitrogens with zero attached hydrogens (tertiary/aromatic N) is 4. The van der Waals surface area contributed by atoms with Gasteiger partial charge in [-0.15, -0.1) is 10.2 Å². The largest absolute Gasteiger partial charge is 0.411 e. The van der Waals surface area contributed by atoms with Crippen molar-refractivity contribution >= 4 is 29.0 Å². The van der Waals surface area contributed by atoms with Gasteiger partial charge in [-0.05, 0) is 29.8 Å². The van der Waals surface area contributed by atoms with Gasteiger partial charge < -0.3 is 8.82 Å². The Balaban J connectivity index is 1.52. The van der Waals surface area contributed by atoms with E-state index >= 15 is 0 Å². The van der Waals surface area contributed by atoms with E-state index < -0.39 is 0 Å². The second-order valence-corrected chi connectivity index (χ2v) is 6.27. The standard InChI is InChI=1S/C16H11ClN4OS/c17-13-3-1-2-11(8-13)10-23-16-20-19-15(22-16)12-4-5-14-18-6-7-21(14)9-12/h1-9H,10H2. The number of aromatic nitrogens is 4. The molecule has 3 heterocycles. The smallest absolute Gasteiger partial charge is 0.277 e. The average Bonchev–Trinajstić information content (AvgIpc) is 3.21. The van der Waals surface area contributed by atoms with Crippen molar-refractivity contribution in [3.8, 4) is 11.5 Å². The van der Waals surface area contributed by atoms with Crippen LogP contribution in [0.3, 0.4) is 0 Å². The maximum atomic E-state index is 5.98. The van der Waals surface area contributed by atoms with E-state index in [1.165, 1.54) is 11.8 Å². The zero-order chi connectivity index (χ0) is 15.6. The monoisotopic (exact) mass is 342 g/mol. The highest BCUT2D eigenvalue weighted by Gasteiger charge is 2.10. The highest BCUT2D eigenvalue weighted by atomic mass is 35.5. The Labute approximate surface area is 141 Å². The molecule has 114 valence electrons. The van der Waals surface area contributed by atoms with Crippen LogP contribution in [0.2, 0.25) is 5.02 Å². The Morgan fingerprint density at radius 3 is 3.04 bits per heavy atom. The number of halogens is 1. The molecule has 0 saturated carbocycles. The maximum absolute atomic E-state index is 5.98. The number of hydrogen-bond acceptors (Lipinski definition) is 5. The fraction of sp³-hybridized carbons (Fsp3) is 0.0625. The minimum absolute atomic E-state index is 0.495. The quantitative estimate of drug-likeness (QED) is 0.517. The summed E-state index contributed by atoms with van der Waals surface area (Å²) in [4.78, 5) is 4.21. The van der Waals surface area contributed by atoms with Crippen molar-refractivity contribution in [2.45, 2.75) is 11.0 Å². The van der Waals surface area contributed by atoms with Crippen molar-refractivity contribution in [1.82, 2.24) is 19.6 Å². The van der Waals surface area contributed by atoms with Gasteiger partial charge in [0.2, 0.25) is 5.89 Å². The van der Waals surface area contributed by atoms with Crippen LogP contribution >= 0.6 is 23.4 Å². The molecule has 0 spiro atoms. The van der Waals surface area contributed by atoms with E-state index in [1.54, 1.807) is 6.20 Å². The number of pyridine rings is 1. The molecule has 3 aromatic heterocycles. The summed E-state index contributed by atoms with van der Waals surface area (Å²) >= 11 is 7.47. The molecule has 0 N–H and O–H groups in total. The van der Waals surface area contributed by atoms with Crippen molar-refractivity contribution in [3.05, 3.63) is 65.6 Å². The minimum atomic E-state index is 0.495. The van der Waals surface area contributed by atoms with Crippen molar-refractivity contribution in [3.63, 3.8) is 0 Å². The number of benzene rings is 1. The van der Waals surface area contributed by atoms with E-state index in [-0.39, 0.29) is 0 Å². The van der Waals surface area contributed by atoms with E-state index in [9.17, 15) is 0 Å². The Morgan fingerprint density at radius 2 is 2.13 bits per heavy atom. The van der Waals surface area contributed by atoms with Crippen LogP contribution in [0.25, 0.3) is 17.1 Å². The summed E-state index contributed by atoms with van der Waals surface area (Å²) in [5, 5.41) is 9.45. The van der Waals surface area contributed by atoms with Gasteiger partial charge in [-0.25, -0.2) is 4.98 Å². The lowest BCUT2D eigenvalue weighted by atomic mass is 10.2. The van der Waals surface area contributed by atoms with E-state index in [1.807, 2.05) is 53.2 Å². The van der Waals surface area contributed by atoms with Crippen molar-refractivity contribution in [1.29, 1.82) is 0 Å². The Hall–Kier alpha value is -2.31. The van der Waals surface area contributed by atoms with Crippen LogP contribution in [0.4, 0.5) is 0 Å². The summed E-state index contributed by atoms with van der Waals surface area (Å²) in [6.45, 7) is 0. The SMILES string of the molecule is Clc1cccc(CSc2nnc(-c3ccc4nccn4c3)o2)c1. The van der Waals surface area contributed by atoms with Crippen molar-refractivity contribution < 1.29 is 4.42 Å². The molecular weight excluding hydrogens is 332 g/mol. The Kier molecular flexibility index (Phi) is 3.77. The molecule has 4 aromatic rings. The van der Waals surface area contributed by atoms with Gasteiger partial charge in [0.25, 0.3) is 5.22 Å². The van der Waals surface area contributed by atoms with Crippen LogP contribution in [0.5, 0.6) is 0 Å². The lowest BCUT2D eigenvalue weighted by Gasteiger charge is -1.99. The van der Waals surface area contributed by atoms with Crippen molar-refractivity contribution in [2.75, 3.05) is 0 Å². The molecular formula is C16H11ClN4OS. The third-order valence-corrected chi connectivity index (χ3v) is 4.42. The second kappa shape index (κ2) is 6.06. The minimum Gasteiger partial charge on any atom is -0.411 e. The van der Waals surface area contributed by atoms with Gasteiger partial charge in [0.1, 0.15) is 5.65 Å². The highest BCUT2D eigenvalue weighted by molar-refractivity contribution is 7.98. The summed E-state index contributed by atoms with van der Waals surface area (Å²) in [6.07, 6.45) is 5.55. The van der Waals surface area contributed by atoms with Gasteiger partial charge in [0.15, 0.2) is 0 Å². The van der Waals surface area contributed by atoms with Crippen molar-refractivity contribution in [2.24, 2.45) is 0 Å². The first kappa shape index (κ1) is 14.3. The molecule has 0 atom stereocenters. The molecule has 0 bridgehead atoms. The van der Waals surface area contributed by atoms with E-state index in [4.69, 9.17) is 16.0 Å². The van der Waals surface area contributed by atoms with Gasteiger partial charge in [0.05, 0.1) is 5.56 Å². The second-order valence-electron chi connectivity index (χ2n) is 4.90. The summed E-state index contributed by atoms with van der Waals surface area (Å²) in [7, 11) is 0. The highest BCUT2D eigenvalue weighted by Crippen LogP contribution is 2.26. The molecule has 4 rings (SSSR count). The summed E-state index contributed by atoms with van der Waals surface area (Å²) < 4.78 is 7.64. The van der Waals surface area contributed by atoms with Crippen LogP contribution in [0.1, 0.15) is 5.56 Å². The van der Waals surface area contributed by atoms with Gasteiger partial charge in [-0.1, -0.05) is 35.5 Å². The molecule has 0 aliphatic heterocycles. The van der Waals surface area contributed by atoms with E-state index in [2.05, 4.69) is 15.2 Å². The molecule has 0 aliphatic carbocycles. The number of thioether (sulfide) groups is 1. The fourth-order valence-electron chi connectivity index (χ4n) is 2.20. The summed E-state index contributed by atoms with van der Waals surface area (Å²) in [6, 6.07) is 11.6. The molecule has 0 fully saturated rings. The van der Waals surface area contributed by atoms with E-state index in [0.29, 0.717) is 11.1 Å². The van der Waals surface area contributed by atoms with Crippen LogP contribution in [0.15, 0.2) is 64.6 Å². The molecule has 0 aliphatic rings. The number of imidazole rings is 1. The summed E-state index contributed by atoms with van der Waals surface area (Å²) in [5.74, 6) is 1.22. The molecule has 7 heteroatoms. The van der Waals surface area contributed by atoms with Crippen LogP contribution in [0, 0.1) is 0 Å². The van der Waals surface area contributed by atoms with Crippen LogP contribution in [-0.2, 0) is 5.75 Å². The van der Waals surface area contributed by atoms with Gasteiger partial charge in [0, 0.05) is 29.4 Å². The lowest BCUT2D eigenvalue weighted by molar-refractivity contribution is 0.465. The molecule has 1 aromatic carbocycles. The molecule has 0 radical (unpaired) electrons. The van der Waals surface area contributed by atoms with E-state index in [0.717, 1.165) is 27.5 Å². The molecule has 0 amide bonds. The zero-order valence-electron chi connectivity index (χ0n) is 11.9. The first-order chi connectivity index (χ1) is 11.3. The third kappa shape index (κ3) is 3.09. The topological polar surface area (TPSA) is 56.2 Å². The number of fused-ring (bicyclic) bond motifs is 1. The first-order valence-corrected chi connectivity index (χ1v) is 8.28. The lowest BCUT2D eigenvalue weighted by Crippen LogP contribution is -1.85. The fourth-order valence-corrected chi connectivity index (χ4v) is 3.12.